The molecule has 1 aromatic heterocycles. The Labute approximate surface area is 138 Å². The smallest absolute Gasteiger partial charge is 0.370 e. The zero-order chi connectivity index (χ0) is 16.8. The highest BCUT2D eigenvalue weighted by molar-refractivity contribution is 6.33. The van der Waals surface area contributed by atoms with Crippen molar-refractivity contribution < 1.29 is 19.4 Å². The molecule has 1 aromatic rings. The summed E-state index contributed by atoms with van der Waals surface area (Å²) in [5.41, 5.74) is 0.409. The Hall–Kier alpha value is -1.71. The number of morpholine rings is 1. The molecule has 0 radical (unpaired) electrons. The van der Waals surface area contributed by atoms with E-state index < -0.39 is 10.7 Å². The van der Waals surface area contributed by atoms with E-state index in [0.717, 1.165) is 39.3 Å². The molecule has 0 spiro atoms. The molecule has 2 N–H and O–H groups in total. The van der Waals surface area contributed by atoms with E-state index in [-0.39, 0.29) is 17.5 Å². The lowest BCUT2D eigenvalue weighted by Crippen LogP contribution is -3.14. The molecular formula is C13H21ClN5O4+. The quantitative estimate of drug-likeness (QED) is 0.381. The minimum Gasteiger partial charge on any atom is -0.370 e. The standard InChI is InChI=1S/C13H20ClN5O4/c1-10-12(14)13(19(21)22)16-18(10)9-11(20)15-3-2-4-17-5-7-23-8-6-17/h2-9H2,1H3,(H,15,20)/p+1. The number of quaternary nitrogens is 1. The van der Waals surface area contributed by atoms with Gasteiger partial charge in [0.05, 0.1) is 30.6 Å². The van der Waals surface area contributed by atoms with E-state index >= 15 is 0 Å². The number of aromatic nitrogens is 2. The SMILES string of the molecule is Cc1c(Cl)c([N+](=O)[O-])nn1CC(=O)NCCC[NH+]1CCOCC1. The van der Waals surface area contributed by atoms with E-state index in [1.54, 1.807) is 6.92 Å². The molecule has 1 fully saturated rings. The molecule has 0 aromatic carbocycles. The molecule has 2 heterocycles. The molecule has 10 heteroatoms. The third-order valence-electron chi connectivity index (χ3n) is 3.81. The van der Waals surface area contributed by atoms with Gasteiger partial charge in [0.25, 0.3) is 0 Å². The summed E-state index contributed by atoms with van der Waals surface area (Å²) in [6.45, 7) is 6.66. The summed E-state index contributed by atoms with van der Waals surface area (Å²) >= 11 is 5.84. The number of hydrogen-bond donors (Lipinski definition) is 2. The van der Waals surface area contributed by atoms with Gasteiger partial charge < -0.3 is 25.1 Å². The highest BCUT2D eigenvalue weighted by Crippen LogP contribution is 2.26. The number of nitrogens with one attached hydrogen (secondary N) is 2. The second kappa shape index (κ2) is 8.23. The average molecular weight is 347 g/mol. The number of rotatable bonds is 7. The van der Waals surface area contributed by atoms with Crippen LogP contribution in [0.1, 0.15) is 12.1 Å². The molecule has 0 aliphatic carbocycles. The number of amides is 1. The Morgan fingerprint density at radius 1 is 1.52 bits per heavy atom. The maximum atomic E-state index is 11.9. The maximum Gasteiger partial charge on any atom is 0.408 e. The maximum absolute atomic E-state index is 11.9. The summed E-state index contributed by atoms with van der Waals surface area (Å²) < 4.78 is 6.54. The molecule has 0 saturated carbocycles. The monoisotopic (exact) mass is 346 g/mol. The van der Waals surface area contributed by atoms with Crippen LogP contribution in [-0.2, 0) is 16.1 Å². The number of carbonyl (C=O) groups excluding carboxylic acids is 1. The Morgan fingerprint density at radius 2 is 2.22 bits per heavy atom. The fraction of sp³-hybridized carbons (Fsp3) is 0.692. The van der Waals surface area contributed by atoms with Crippen LogP contribution in [-0.4, -0.2) is 60.0 Å². The van der Waals surface area contributed by atoms with Crippen molar-refractivity contribution >= 4 is 23.3 Å². The number of halogens is 1. The lowest BCUT2D eigenvalue weighted by atomic mass is 10.3. The molecule has 0 bridgehead atoms. The minimum atomic E-state index is -0.658. The lowest BCUT2D eigenvalue weighted by Gasteiger charge is -2.23. The summed E-state index contributed by atoms with van der Waals surface area (Å²) in [5, 5.41) is 17.3. The van der Waals surface area contributed by atoms with Gasteiger partial charge in [-0.15, -0.1) is 0 Å². The fourth-order valence-corrected chi connectivity index (χ4v) is 2.65. The third kappa shape index (κ3) is 4.88. The van der Waals surface area contributed by atoms with Crippen molar-refractivity contribution in [2.24, 2.45) is 0 Å². The van der Waals surface area contributed by atoms with Crippen molar-refractivity contribution in [2.75, 3.05) is 39.4 Å². The largest absolute Gasteiger partial charge is 0.408 e. The summed E-state index contributed by atoms with van der Waals surface area (Å²) in [6.07, 6.45) is 0.875. The Bertz CT molecular complexity index is 571. The van der Waals surface area contributed by atoms with Crippen molar-refractivity contribution in [3.8, 4) is 0 Å². The van der Waals surface area contributed by atoms with Crippen LogP contribution in [0.5, 0.6) is 0 Å². The summed E-state index contributed by atoms with van der Waals surface area (Å²) in [7, 11) is 0. The van der Waals surface area contributed by atoms with Crippen LogP contribution in [0.3, 0.4) is 0 Å². The predicted octanol–water partition coefficient (Wildman–Crippen LogP) is -0.825. The number of nitrogens with zero attached hydrogens (tertiary/aromatic N) is 3. The molecule has 23 heavy (non-hydrogen) atoms. The topological polar surface area (TPSA) is 104 Å². The number of carbonyl (C=O) groups is 1. The molecule has 0 unspecified atom stereocenters. The molecule has 128 valence electrons. The number of hydrogen-bond acceptors (Lipinski definition) is 5. The van der Waals surface area contributed by atoms with Crippen LogP contribution >= 0.6 is 11.6 Å². The predicted molar refractivity (Wildman–Crippen MR) is 82.6 cm³/mol. The van der Waals surface area contributed by atoms with Gasteiger partial charge in [0, 0.05) is 13.0 Å². The lowest BCUT2D eigenvalue weighted by molar-refractivity contribution is -0.908. The molecule has 9 nitrogen and oxygen atoms in total. The molecule has 1 amide bonds. The zero-order valence-corrected chi connectivity index (χ0v) is 13.8. The van der Waals surface area contributed by atoms with Crippen molar-refractivity contribution in [3.63, 3.8) is 0 Å². The highest BCUT2D eigenvalue weighted by atomic mass is 35.5. The van der Waals surface area contributed by atoms with Gasteiger partial charge in [-0.25, -0.2) is 0 Å². The van der Waals surface area contributed by atoms with E-state index in [2.05, 4.69) is 10.4 Å². The van der Waals surface area contributed by atoms with Gasteiger partial charge in [-0.3, -0.25) is 4.79 Å². The van der Waals surface area contributed by atoms with Crippen molar-refractivity contribution in [3.05, 3.63) is 20.8 Å². The van der Waals surface area contributed by atoms with Gasteiger partial charge in [0.2, 0.25) is 5.91 Å². The molecule has 0 atom stereocenters. The van der Waals surface area contributed by atoms with Crippen molar-refractivity contribution in [1.82, 2.24) is 15.1 Å². The van der Waals surface area contributed by atoms with Crippen molar-refractivity contribution in [2.45, 2.75) is 19.9 Å². The van der Waals surface area contributed by atoms with Crippen LogP contribution in [0.25, 0.3) is 0 Å². The first-order valence-corrected chi connectivity index (χ1v) is 7.92. The fourth-order valence-electron chi connectivity index (χ4n) is 2.45. The zero-order valence-electron chi connectivity index (χ0n) is 13.0. The first kappa shape index (κ1) is 17.6. The Balaban J connectivity index is 1.74. The number of nitro groups is 1. The Morgan fingerprint density at radius 3 is 2.83 bits per heavy atom. The molecule has 1 aliphatic rings. The van der Waals surface area contributed by atoms with Gasteiger partial charge in [-0.2, -0.15) is 4.68 Å². The van der Waals surface area contributed by atoms with Crippen LogP contribution in [0, 0.1) is 17.0 Å². The van der Waals surface area contributed by atoms with E-state index in [9.17, 15) is 14.9 Å². The summed E-state index contributed by atoms with van der Waals surface area (Å²) in [4.78, 5) is 23.5. The van der Waals surface area contributed by atoms with E-state index in [1.807, 2.05) is 0 Å². The van der Waals surface area contributed by atoms with E-state index in [4.69, 9.17) is 16.3 Å². The van der Waals surface area contributed by atoms with Crippen LogP contribution < -0.4 is 10.2 Å². The third-order valence-corrected chi connectivity index (χ3v) is 4.25. The van der Waals surface area contributed by atoms with Crippen LogP contribution in [0.15, 0.2) is 0 Å². The van der Waals surface area contributed by atoms with Crippen LogP contribution in [0.2, 0.25) is 5.02 Å². The molecule has 1 aliphatic heterocycles. The molecule has 1 saturated heterocycles. The minimum absolute atomic E-state index is 0.0290. The summed E-state index contributed by atoms with van der Waals surface area (Å²) in [5.74, 6) is -0.660. The number of ether oxygens (including phenoxy) is 1. The van der Waals surface area contributed by atoms with Crippen molar-refractivity contribution in [1.29, 1.82) is 0 Å². The van der Waals surface area contributed by atoms with E-state index in [0.29, 0.717) is 12.2 Å². The second-order valence-corrected chi connectivity index (χ2v) is 5.83. The molecule has 2 rings (SSSR count). The highest BCUT2D eigenvalue weighted by Gasteiger charge is 2.24. The van der Waals surface area contributed by atoms with E-state index in [1.165, 1.54) is 9.58 Å². The van der Waals surface area contributed by atoms with Gasteiger partial charge >= 0.3 is 5.82 Å². The second-order valence-electron chi connectivity index (χ2n) is 5.45. The van der Waals surface area contributed by atoms with Gasteiger partial charge in [0.15, 0.2) is 5.02 Å². The molecular weight excluding hydrogens is 326 g/mol. The first-order chi connectivity index (χ1) is 11.0. The summed E-state index contributed by atoms with van der Waals surface area (Å²) in [6, 6.07) is 0. The normalized spacial score (nSPS) is 15.6. The first-order valence-electron chi connectivity index (χ1n) is 7.54. The van der Waals surface area contributed by atoms with Gasteiger partial charge in [-0.1, -0.05) is 11.6 Å². The van der Waals surface area contributed by atoms with Gasteiger partial charge in [0.1, 0.15) is 19.6 Å². The van der Waals surface area contributed by atoms with Gasteiger partial charge in [-0.05, 0) is 11.8 Å². The van der Waals surface area contributed by atoms with Crippen LogP contribution in [0.4, 0.5) is 5.82 Å². The Kier molecular flexibility index (Phi) is 6.31. The average Bonchev–Trinajstić information content (AvgIpc) is 2.81.